The maximum atomic E-state index is 8.14. The first-order chi connectivity index (χ1) is 10.9. The molecule has 0 aromatic carbocycles. The lowest BCUT2D eigenvalue weighted by atomic mass is 10.1. The van der Waals surface area contributed by atoms with Crippen LogP contribution in [-0.4, -0.2) is 49.7 Å². The average molecular weight is 321 g/mol. The van der Waals surface area contributed by atoms with Crippen LogP contribution < -0.4 is 5.32 Å². The van der Waals surface area contributed by atoms with Crippen molar-refractivity contribution < 1.29 is 4.84 Å². The molecule has 0 saturated heterocycles. The van der Waals surface area contributed by atoms with Crippen molar-refractivity contribution in [1.29, 1.82) is 5.41 Å². The molecular weight excluding hydrogens is 290 g/mol. The van der Waals surface area contributed by atoms with E-state index >= 15 is 0 Å². The highest BCUT2D eigenvalue weighted by Crippen LogP contribution is 2.09. The number of nitrogens with one attached hydrogen (secondary N) is 2. The van der Waals surface area contributed by atoms with Crippen molar-refractivity contribution in [2.75, 3.05) is 20.1 Å². The fourth-order valence-electron chi connectivity index (χ4n) is 1.99. The summed E-state index contributed by atoms with van der Waals surface area (Å²) in [5.74, 6) is 1.18. The van der Waals surface area contributed by atoms with E-state index in [2.05, 4.69) is 48.0 Å². The van der Waals surface area contributed by atoms with Crippen LogP contribution in [0.3, 0.4) is 0 Å². The van der Waals surface area contributed by atoms with Gasteiger partial charge in [0.1, 0.15) is 11.6 Å². The van der Waals surface area contributed by atoms with Crippen LogP contribution in [0, 0.1) is 5.41 Å². The Morgan fingerprint density at radius 3 is 2.52 bits per heavy atom. The highest BCUT2D eigenvalue weighted by Gasteiger charge is 2.12. The van der Waals surface area contributed by atoms with Crippen LogP contribution in [0.25, 0.3) is 0 Å². The Labute approximate surface area is 140 Å². The van der Waals surface area contributed by atoms with Crippen LogP contribution in [0.4, 0.5) is 0 Å². The number of oxime groups is 1. The molecule has 0 aromatic rings. The third-order valence-electron chi connectivity index (χ3n) is 3.67. The van der Waals surface area contributed by atoms with Crippen LogP contribution in [0.1, 0.15) is 41.0 Å². The molecule has 23 heavy (non-hydrogen) atoms. The van der Waals surface area contributed by atoms with Crippen LogP contribution in [0.5, 0.6) is 0 Å². The van der Waals surface area contributed by atoms with Gasteiger partial charge < -0.3 is 20.5 Å². The number of nitrogens with zero attached hydrogens (tertiary/aromatic N) is 3. The van der Waals surface area contributed by atoms with E-state index in [4.69, 9.17) is 10.2 Å². The Hall–Kier alpha value is -1.95. The second-order valence-corrected chi connectivity index (χ2v) is 5.27. The number of hydrogen-bond donors (Lipinski definition) is 2. The number of aliphatic imine (C=N–C) groups is 1. The van der Waals surface area contributed by atoms with E-state index in [1.807, 2.05) is 6.92 Å². The Morgan fingerprint density at radius 2 is 2.04 bits per heavy atom. The van der Waals surface area contributed by atoms with Gasteiger partial charge in [0.15, 0.2) is 0 Å². The topological polar surface area (TPSA) is 73.1 Å². The molecule has 0 aliphatic carbocycles. The predicted octanol–water partition coefficient (Wildman–Crippen LogP) is 3.18. The Morgan fingerprint density at radius 1 is 1.39 bits per heavy atom. The highest BCUT2D eigenvalue weighted by atomic mass is 16.6. The largest absolute Gasteiger partial charge is 0.368 e. The maximum absolute atomic E-state index is 8.14. The minimum Gasteiger partial charge on any atom is -0.368 e. The molecule has 6 heteroatoms. The summed E-state index contributed by atoms with van der Waals surface area (Å²) in [5, 5.41) is 15.1. The fourth-order valence-corrected chi connectivity index (χ4v) is 1.99. The van der Waals surface area contributed by atoms with Gasteiger partial charge in [-0.2, -0.15) is 0 Å². The van der Waals surface area contributed by atoms with Gasteiger partial charge >= 0.3 is 0 Å². The first-order valence-electron chi connectivity index (χ1n) is 7.95. The summed E-state index contributed by atoms with van der Waals surface area (Å²) in [4.78, 5) is 11.4. The van der Waals surface area contributed by atoms with Crippen molar-refractivity contribution in [2.45, 2.75) is 47.1 Å². The first-order valence-corrected chi connectivity index (χ1v) is 7.95. The molecule has 0 bridgehead atoms. The van der Waals surface area contributed by atoms with Gasteiger partial charge in [-0.15, -0.1) is 0 Å². The van der Waals surface area contributed by atoms with E-state index in [-0.39, 0.29) is 0 Å². The molecule has 0 aliphatic rings. The van der Waals surface area contributed by atoms with Gasteiger partial charge in [-0.05, 0) is 47.5 Å². The van der Waals surface area contributed by atoms with E-state index in [1.165, 1.54) is 0 Å². The monoisotopic (exact) mass is 321 g/mol. The molecule has 130 valence electrons. The lowest BCUT2D eigenvalue weighted by Gasteiger charge is -2.26. The van der Waals surface area contributed by atoms with E-state index in [1.54, 1.807) is 26.1 Å². The lowest BCUT2D eigenvalue weighted by molar-refractivity contribution is 0.232. The molecular formula is C17H31N5O. The van der Waals surface area contributed by atoms with Crippen LogP contribution >= 0.6 is 0 Å². The smallest absolute Gasteiger partial charge is 0.134 e. The summed E-state index contributed by atoms with van der Waals surface area (Å²) in [6.45, 7) is 15.0. The summed E-state index contributed by atoms with van der Waals surface area (Å²) in [5.41, 5.74) is 1.04. The maximum Gasteiger partial charge on any atom is 0.134 e. The van der Waals surface area contributed by atoms with Gasteiger partial charge in [0, 0.05) is 30.5 Å². The average Bonchev–Trinajstić information content (AvgIpc) is 2.55. The standard InChI is InChI=1S/C17H31N5O/c1-8-15(22(7)10-3)12-20-17(19-6)14(5)16(18)11-13(4)23-21-9-2/h9,11,15,18,20H,6,8,10,12H2,1-5,7H3/b13-11+,17-14+,18-16?,21-9+/t15-/m0/s1. The molecule has 0 saturated carbocycles. The minimum atomic E-state index is 0.320. The highest BCUT2D eigenvalue weighted by molar-refractivity contribution is 6.06. The predicted molar refractivity (Wildman–Crippen MR) is 99.4 cm³/mol. The zero-order valence-electron chi connectivity index (χ0n) is 15.3. The molecule has 6 nitrogen and oxygen atoms in total. The van der Waals surface area contributed by atoms with Crippen LogP contribution in [-0.2, 0) is 4.84 Å². The van der Waals surface area contributed by atoms with Crippen molar-refractivity contribution in [2.24, 2.45) is 10.1 Å². The molecule has 0 spiro atoms. The van der Waals surface area contributed by atoms with Gasteiger partial charge in [-0.1, -0.05) is 19.0 Å². The number of hydrogen-bond acceptors (Lipinski definition) is 6. The molecule has 0 rings (SSSR count). The zero-order valence-corrected chi connectivity index (χ0v) is 15.3. The van der Waals surface area contributed by atoms with Crippen LogP contribution in [0.2, 0.25) is 0 Å². The second-order valence-electron chi connectivity index (χ2n) is 5.27. The fraction of sp³-hybridized carbons (Fsp3) is 0.588. The molecule has 0 heterocycles. The van der Waals surface area contributed by atoms with E-state index < -0.39 is 0 Å². The van der Waals surface area contributed by atoms with Gasteiger partial charge in [-0.3, -0.25) is 0 Å². The van der Waals surface area contributed by atoms with Gasteiger partial charge in [-0.25, -0.2) is 4.99 Å². The molecule has 1 atom stereocenters. The Bertz CT molecular complexity index is 479. The van der Waals surface area contributed by atoms with Gasteiger partial charge in [0.25, 0.3) is 0 Å². The summed E-state index contributed by atoms with van der Waals surface area (Å²) in [6, 6.07) is 0.415. The third-order valence-corrected chi connectivity index (χ3v) is 3.67. The van der Waals surface area contributed by atoms with Gasteiger partial charge in [0.05, 0.1) is 5.71 Å². The van der Waals surface area contributed by atoms with Crippen molar-refractivity contribution in [3.8, 4) is 0 Å². The molecule has 0 unspecified atom stereocenters. The molecule has 0 radical (unpaired) electrons. The van der Waals surface area contributed by atoms with Crippen molar-refractivity contribution in [3.05, 3.63) is 23.2 Å². The number of rotatable bonds is 11. The molecule has 0 aliphatic heterocycles. The lowest BCUT2D eigenvalue weighted by Crippen LogP contribution is -2.39. The minimum absolute atomic E-state index is 0.320. The number of likely N-dealkylation sites (N-methyl/N-ethyl adjacent to an activating group) is 1. The Kier molecular flexibility index (Phi) is 10.6. The van der Waals surface area contributed by atoms with Crippen LogP contribution in [0.15, 0.2) is 33.4 Å². The molecule has 2 N–H and O–H groups in total. The zero-order chi connectivity index (χ0) is 17.8. The van der Waals surface area contributed by atoms with E-state index in [9.17, 15) is 0 Å². The quantitative estimate of drug-likeness (QED) is 0.349. The van der Waals surface area contributed by atoms with Crippen molar-refractivity contribution in [1.82, 2.24) is 10.2 Å². The van der Waals surface area contributed by atoms with Gasteiger partial charge in [0.2, 0.25) is 0 Å². The van der Waals surface area contributed by atoms with Crippen molar-refractivity contribution in [3.63, 3.8) is 0 Å². The van der Waals surface area contributed by atoms with E-state index in [0.29, 0.717) is 23.3 Å². The third kappa shape index (κ3) is 7.74. The SMILES string of the molecule is C=N/C(NC[C@H](CC)N(C)CC)=C(/C)C(=N)/C=C(\C)O/N=C/C. The molecule has 0 amide bonds. The first kappa shape index (κ1) is 21.0. The summed E-state index contributed by atoms with van der Waals surface area (Å²) < 4.78 is 0. The number of allylic oxidation sites excluding steroid dienone is 3. The summed E-state index contributed by atoms with van der Waals surface area (Å²) >= 11 is 0. The normalized spacial score (nSPS) is 14.7. The van der Waals surface area contributed by atoms with E-state index in [0.717, 1.165) is 25.1 Å². The second kappa shape index (κ2) is 11.6. The molecule has 0 fully saturated rings. The molecule has 0 aromatic heterocycles. The summed E-state index contributed by atoms with van der Waals surface area (Å²) in [7, 11) is 2.10. The summed E-state index contributed by atoms with van der Waals surface area (Å²) in [6.07, 6.45) is 4.21. The van der Waals surface area contributed by atoms with Crippen molar-refractivity contribution >= 4 is 18.6 Å². The Balaban J connectivity index is 4.99.